The average Bonchev–Trinajstić information content (AvgIpc) is 3.26. The normalized spacial score (nSPS) is 14.9. The predicted octanol–water partition coefficient (Wildman–Crippen LogP) is 5.64. The lowest BCUT2D eigenvalue weighted by atomic mass is 9.96. The van der Waals surface area contributed by atoms with Crippen LogP contribution in [0.3, 0.4) is 0 Å². The molecule has 1 atom stereocenters. The second-order valence-electron chi connectivity index (χ2n) is 9.16. The number of fused-ring (bicyclic) bond motifs is 1. The lowest BCUT2D eigenvalue weighted by Crippen LogP contribution is -2.39. The molecule has 4 aromatic rings. The van der Waals surface area contributed by atoms with E-state index in [1.165, 1.54) is 11.3 Å². The van der Waals surface area contributed by atoms with Crippen molar-refractivity contribution in [1.29, 1.82) is 0 Å². The van der Waals surface area contributed by atoms with E-state index < -0.39 is 12.0 Å². The molecule has 0 saturated carbocycles. The molecule has 0 bridgehead atoms. The van der Waals surface area contributed by atoms with Crippen LogP contribution < -0.4 is 24.4 Å². The summed E-state index contributed by atoms with van der Waals surface area (Å²) in [5.41, 5.74) is 3.12. The van der Waals surface area contributed by atoms with E-state index in [4.69, 9.17) is 25.8 Å². The molecule has 0 aliphatic carbocycles. The van der Waals surface area contributed by atoms with E-state index >= 15 is 0 Å². The minimum absolute atomic E-state index is 0.207. The maximum atomic E-state index is 13.9. The fraction of sp³-hybridized carbons (Fsp3) is 0.194. The molecule has 210 valence electrons. The van der Waals surface area contributed by atoms with Crippen molar-refractivity contribution in [3.63, 3.8) is 0 Å². The Kier molecular flexibility index (Phi) is 8.96. The Morgan fingerprint density at radius 1 is 1.15 bits per heavy atom. The molecule has 0 N–H and O–H groups in total. The Morgan fingerprint density at radius 3 is 2.56 bits per heavy atom. The van der Waals surface area contributed by atoms with Crippen molar-refractivity contribution < 1.29 is 19.0 Å². The van der Waals surface area contributed by atoms with Crippen LogP contribution in [0.1, 0.15) is 36.6 Å². The van der Waals surface area contributed by atoms with E-state index in [0.29, 0.717) is 43.7 Å². The van der Waals surface area contributed by atoms with Crippen LogP contribution in [0.25, 0.3) is 6.08 Å². The van der Waals surface area contributed by atoms with Gasteiger partial charge in [-0.05, 0) is 83.5 Å². The summed E-state index contributed by atoms with van der Waals surface area (Å²) in [5.74, 6) is 0.688. The molecule has 3 aromatic carbocycles. The van der Waals surface area contributed by atoms with Crippen molar-refractivity contribution in [3.05, 3.63) is 123 Å². The van der Waals surface area contributed by atoms with Crippen LogP contribution in [-0.2, 0) is 16.1 Å². The molecule has 1 aliphatic heterocycles. The van der Waals surface area contributed by atoms with Gasteiger partial charge < -0.3 is 14.2 Å². The number of esters is 1. The standard InChI is InChI=1S/C31H26ClIN2O5S/c1-4-39-30(37)26-18(2)34-31-35(27(26)21-10-12-22(32)13-11-21)29(36)25(41-31)16-20-14-23(33)28(24(15-20)38-3)40-17-19-8-6-5-7-9-19/h5-16,27H,4,17H2,1-3H3/t27-/m0/s1. The fourth-order valence-electron chi connectivity index (χ4n) is 4.60. The van der Waals surface area contributed by atoms with Crippen molar-refractivity contribution >= 4 is 57.6 Å². The van der Waals surface area contributed by atoms with E-state index in [-0.39, 0.29) is 12.2 Å². The number of allylic oxidation sites excluding steroid dienone is 1. The van der Waals surface area contributed by atoms with Gasteiger partial charge in [0.1, 0.15) is 6.61 Å². The maximum Gasteiger partial charge on any atom is 0.338 e. The number of hydrogen-bond donors (Lipinski definition) is 0. The first kappa shape index (κ1) is 29.1. The first-order valence-electron chi connectivity index (χ1n) is 12.8. The number of thiazole rings is 1. The van der Waals surface area contributed by atoms with Gasteiger partial charge in [0, 0.05) is 5.02 Å². The number of rotatable bonds is 8. The molecule has 0 amide bonds. The minimum Gasteiger partial charge on any atom is -0.493 e. The smallest absolute Gasteiger partial charge is 0.338 e. The number of methoxy groups -OCH3 is 1. The van der Waals surface area contributed by atoms with Crippen LogP contribution in [0.5, 0.6) is 11.5 Å². The number of hydrogen-bond acceptors (Lipinski definition) is 7. The average molecular weight is 701 g/mol. The van der Waals surface area contributed by atoms with E-state index in [1.807, 2.05) is 54.6 Å². The van der Waals surface area contributed by atoms with Gasteiger partial charge in [0.2, 0.25) is 0 Å². The molecular weight excluding hydrogens is 675 g/mol. The van der Waals surface area contributed by atoms with Gasteiger partial charge in [0.15, 0.2) is 16.3 Å². The van der Waals surface area contributed by atoms with Crippen LogP contribution >= 0.6 is 45.5 Å². The van der Waals surface area contributed by atoms with E-state index in [2.05, 4.69) is 27.6 Å². The van der Waals surface area contributed by atoms with Crippen LogP contribution in [0, 0.1) is 3.57 Å². The molecule has 0 spiro atoms. The Balaban J connectivity index is 1.58. The summed E-state index contributed by atoms with van der Waals surface area (Å²) in [6, 6.07) is 20.1. The summed E-state index contributed by atoms with van der Waals surface area (Å²) < 4.78 is 20.0. The zero-order chi connectivity index (χ0) is 29.1. The predicted molar refractivity (Wildman–Crippen MR) is 168 cm³/mol. The molecule has 5 rings (SSSR count). The van der Waals surface area contributed by atoms with Crippen molar-refractivity contribution in [1.82, 2.24) is 4.57 Å². The second kappa shape index (κ2) is 12.6. The minimum atomic E-state index is -0.701. The lowest BCUT2D eigenvalue weighted by molar-refractivity contribution is -0.139. The SMILES string of the molecule is CCOC(=O)C1=C(C)N=c2sc(=Cc3cc(I)c(OCc4ccccc4)c(OC)c3)c(=O)n2[C@H]1c1ccc(Cl)cc1. The van der Waals surface area contributed by atoms with Gasteiger partial charge in [0.05, 0.1) is 39.1 Å². The van der Waals surface area contributed by atoms with Gasteiger partial charge in [-0.25, -0.2) is 9.79 Å². The number of halogens is 2. The summed E-state index contributed by atoms with van der Waals surface area (Å²) in [6.07, 6.45) is 1.80. The summed E-state index contributed by atoms with van der Waals surface area (Å²) in [6.45, 7) is 4.11. The molecule has 7 nitrogen and oxygen atoms in total. The highest BCUT2D eigenvalue weighted by molar-refractivity contribution is 14.1. The van der Waals surface area contributed by atoms with Gasteiger partial charge in [-0.3, -0.25) is 9.36 Å². The van der Waals surface area contributed by atoms with Gasteiger partial charge in [-0.2, -0.15) is 0 Å². The van der Waals surface area contributed by atoms with Crippen LogP contribution in [0.4, 0.5) is 0 Å². The number of carbonyl (C=O) groups excluding carboxylic acids is 1. The first-order chi connectivity index (χ1) is 19.8. The van der Waals surface area contributed by atoms with Crippen LogP contribution in [0.2, 0.25) is 5.02 Å². The van der Waals surface area contributed by atoms with Crippen LogP contribution in [0.15, 0.2) is 87.8 Å². The first-order valence-corrected chi connectivity index (χ1v) is 15.1. The Morgan fingerprint density at radius 2 is 1.88 bits per heavy atom. The topological polar surface area (TPSA) is 79.1 Å². The molecule has 10 heteroatoms. The molecular formula is C31H26ClIN2O5S. The summed E-state index contributed by atoms with van der Waals surface area (Å²) in [4.78, 5) is 32.1. The number of nitrogens with zero attached hydrogens (tertiary/aromatic N) is 2. The van der Waals surface area contributed by atoms with E-state index in [1.54, 1.807) is 43.7 Å². The van der Waals surface area contributed by atoms with Gasteiger partial charge in [0.25, 0.3) is 5.56 Å². The maximum absolute atomic E-state index is 13.9. The van der Waals surface area contributed by atoms with Crippen LogP contribution in [-0.4, -0.2) is 24.3 Å². The zero-order valence-corrected chi connectivity index (χ0v) is 26.2. The molecule has 0 fully saturated rings. The Hall–Kier alpha value is -3.41. The molecule has 1 aliphatic rings. The van der Waals surface area contributed by atoms with E-state index in [0.717, 1.165) is 20.3 Å². The summed E-state index contributed by atoms with van der Waals surface area (Å²) >= 11 is 9.61. The lowest BCUT2D eigenvalue weighted by Gasteiger charge is -2.24. The zero-order valence-electron chi connectivity index (χ0n) is 22.5. The van der Waals surface area contributed by atoms with Gasteiger partial charge in [-0.1, -0.05) is 65.4 Å². The fourth-order valence-corrected chi connectivity index (χ4v) is 6.55. The molecule has 0 radical (unpaired) electrons. The highest BCUT2D eigenvalue weighted by Gasteiger charge is 2.33. The van der Waals surface area contributed by atoms with Gasteiger partial charge in [-0.15, -0.1) is 0 Å². The molecule has 41 heavy (non-hydrogen) atoms. The quantitative estimate of drug-likeness (QED) is 0.176. The molecule has 0 unspecified atom stereocenters. The highest BCUT2D eigenvalue weighted by Crippen LogP contribution is 2.35. The second-order valence-corrected chi connectivity index (χ2v) is 11.8. The number of benzene rings is 3. The Labute approximate surface area is 259 Å². The third-order valence-corrected chi connectivity index (χ3v) is 8.51. The largest absolute Gasteiger partial charge is 0.493 e. The molecule has 0 saturated heterocycles. The van der Waals surface area contributed by atoms with Crippen molar-refractivity contribution in [2.24, 2.45) is 4.99 Å². The Bertz CT molecular complexity index is 1810. The third-order valence-electron chi connectivity index (χ3n) is 6.48. The van der Waals surface area contributed by atoms with E-state index in [9.17, 15) is 9.59 Å². The van der Waals surface area contributed by atoms with Crippen molar-refractivity contribution in [2.45, 2.75) is 26.5 Å². The molecule has 2 heterocycles. The monoisotopic (exact) mass is 700 g/mol. The van der Waals surface area contributed by atoms with Crippen molar-refractivity contribution in [3.8, 4) is 11.5 Å². The summed E-state index contributed by atoms with van der Waals surface area (Å²) in [5, 5.41) is 0.555. The number of carbonyl (C=O) groups is 1. The number of aromatic nitrogens is 1. The molecule has 1 aromatic heterocycles. The summed E-state index contributed by atoms with van der Waals surface area (Å²) in [7, 11) is 1.59. The third kappa shape index (κ3) is 6.12. The number of ether oxygens (including phenoxy) is 3. The van der Waals surface area contributed by atoms with Crippen molar-refractivity contribution in [2.75, 3.05) is 13.7 Å². The highest BCUT2D eigenvalue weighted by atomic mass is 127. The van der Waals surface area contributed by atoms with Gasteiger partial charge >= 0.3 is 5.97 Å².